The van der Waals surface area contributed by atoms with Gasteiger partial charge < -0.3 is 10.1 Å². The van der Waals surface area contributed by atoms with Gasteiger partial charge in [-0.05, 0) is 60.7 Å². The summed E-state index contributed by atoms with van der Waals surface area (Å²) in [6.07, 6.45) is 0. The van der Waals surface area contributed by atoms with Crippen LogP contribution in [0.5, 0.6) is 5.75 Å². The highest BCUT2D eigenvalue weighted by molar-refractivity contribution is 7.71. The summed E-state index contributed by atoms with van der Waals surface area (Å²) in [5.74, 6) is 1.19. The topological polar surface area (TPSA) is 71.9 Å². The second-order valence-corrected chi connectivity index (χ2v) is 6.64. The molecule has 4 rings (SSSR count). The molecule has 3 aromatic carbocycles. The van der Waals surface area contributed by atoms with E-state index in [0.29, 0.717) is 27.6 Å². The first-order chi connectivity index (χ1) is 14.2. The van der Waals surface area contributed by atoms with Crippen LogP contribution >= 0.6 is 12.2 Å². The fourth-order valence-electron chi connectivity index (χ4n) is 3.02. The Labute approximate surface area is 172 Å². The van der Waals surface area contributed by atoms with Crippen molar-refractivity contribution in [3.63, 3.8) is 0 Å². The van der Waals surface area contributed by atoms with Gasteiger partial charge in [0.25, 0.3) is 5.91 Å². The zero-order chi connectivity index (χ0) is 20.2. The zero-order valence-corrected chi connectivity index (χ0v) is 16.4. The Morgan fingerprint density at radius 3 is 2.41 bits per heavy atom. The van der Waals surface area contributed by atoms with Gasteiger partial charge in [0, 0.05) is 16.8 Å². The van der Waals surface area contributed by atoms with Crippen LogP contribution < -0.4 is 10.1 Å². The first kappa shape index (κ1) is 18.6. The number of benzene rings is 3. The van der Waals surface area contributed by atoms with Crippen LogP contribution in [0.15, 0.2) is 78.9 Å². The lowest BCUT2D eigenvalue weighted by atomic mass is 10.1. The van der Waals surface area contributed by atoms with Gasteiger partial charge in [-0.1, -0.05) is 30.3 Å². The van der Waals surface area contributed by atoms with E-state index in [0.717, 1.165) is 11.3 Å². The molecule has 0 bridgehead atoms. The number of hydrogen-bond donors (Lipinski definition) is 2. The maximum absolute atomic E-state index is 12.3. The first-order valence-corrected chi connectivity index (χ1v) is 9.36. The predicted molar refractivity (Wildman–Crippen MR) is 115 cm³/mol. The molecular formula is C22H18N4O2S. The lowest BCUT2D eigenvalue weighted by Crippen LogP contribution is -2.11. The smallest absolute Gasteiger partial charge is 0.255 e. The van der Waals surface area contributed by atoms with Crippen molar-refractivity contribution in [3.05, 3.63) is 89.2 Å². The van der Waals surface area contributed by atoms with E-state index in [-0.39, 0.29) is 5.91 Å². The monoisotopic (exact) mass is 402 g/mol. The first-order valence-electron chi connectivity index (χ1n) is 8.95. The maximum atomic E-state index is 12.3. The van der Waals surface area contributed by atoms with Crippen LogP contribution in [0.25, 0.3) is 17.1 Å². The summed E-state index contributed by atoms with van der Waals surface area (Å²) in [6.45, 7) is 0. The van der Waals surface area contributed by atoms with E-state index in [1.54, 1.807) is 19.2 Å². The van der Waals surface area contributed by atoms with Crippen LogP contribution in [-0.4, -0.2) is 27.8 Å². The molecule has 4 aromatic rings. The van der Waals surface area contributed by atoms with Gasteiger partial charge in [-0.15, -0.1) is 0 Å². The number of nitrogens with one attached hydrogen (secondary N) is 2. The summed E-state index contributed by atoms with van der Waals surface area (Å²) in [7, 11) is 1.62. The number of ether oxygens (including phenoxy) is 1. The zero-order valence-electron chi connectivity index (χ0n) is 15.6. The van der Waals surface area contributed by atoms with Gasteiger partial charge >= 0.3 is 0 Å². The second kappa shape index (κ2) is 8.12. The van der Waals surface area contributed by atoms with E-state index in [9.17, 15) is 4.79 Å². The van der Waals surface area contributed by atoms with E-state index < -0.39 is 0 Å². The summed E-state index contributed by atoms with van der Waals surface area (Å²) in [6, 6.07) is 24.1. The van der Waals surface area contributed by atoms with E-state index in [1.807, 2.05) is 71.3 Å². The van der Waals surface area contributed by atoms with E-state index >= 15 is 0 Å². The third-order valence-corrected chi connectivity index (χ3v) is 4.71. The Morgan fingerprint density at radius 2 is 1.69 bits per heavy atom. The minimum Gasteiger partial charge on any atom is -0.495 e. The Hall–Kier alpha value is -3.71. The number of amides is 1. The SMILES string of the molecule is COc1ccccc1-n1c(-c2ccc(NC(=O)c3ccccc3)cc2)n[nH]c1=S. The minimum absolute atomic E-state index is 0.157. The molecule has 0 aliphatic carbocycles. The molecule has 0 radical (unpaired) electrons. The Balaban J connectivity index is 1.64. The third kappa shape index (κ3) is 3.81. The fraction of sp³-hybridized carbons (Fsp3) is 0.0455. The van der Waals surface area contributed by atoms with Crippen molar-refractivity contribution in [1.29, 1.82) is 0 Å². The molecule has 0 saturated heterocycles. The largest absolute Gasteiger partial charge is 0.495 e. The highest BCUT2D eigenvalue weighted by Crippen LogP contribution is 2.28. The highest BCUT2D eigenvalue weighted by atomic mass is 32.1. The average molecular weight is 402 g/mol. The molecule has 0 aliphatic heterocycles. The summed E-state index contributed by atoms with van der Waals surface area (Å²) < 4.78 is 7.75. The summed E-state index contributed by atoms with van der Waals surface area (Å²) >= 11 is 5.43. The molecule has 1 amide bonds. The number of anilines is 1. The molecule has 0 atom stereocenters. The highest BCUT2D eigenvalue weighted by Gasteiger charge is 2.14. The normalized spacial score (nSPS) is 10.5. The van der Waals surface area contributed by atoms with Crippen LogP contribution in [0.4, 0.5) is 5.69 Å². The van der Waals surface area contributed by atoms with Gasteiger partial charge in [0.15, 0.2) is 10.6 Å². The average Bonchev–Trinajstić information content (AvgIpc) is 3.16. The van der Waals surface area contributed by atoms with Crippen molar-refractivity contribution in [2.45, 2.75) is 0 Å². The molecule has 144 valence electrons. The van der Waals surface area contributed by atoms with Gasteiger partial charge in [0.05, 0.1) is 12.8 Å². The summed E-state index contributed by atoms with van der Waals surface area (Å²) in [5, 5.41) is 10.1. The number of aromatic amines is 1. The van der Waals surface area contributed by atoms with E-state index in [1.165, 1.54) is 0 Å². The van der Waals surface area contributed by atoms with Gasteiger partial charge in [-0.2, -0.15) is 5.10 Å². The quantitative estimate of drug-likeness (QED) is 0.468. The Kier molecular flexibility index (Phi) is 5.22. The molecule has 7 heteroatoms. The molecule has 29 heavy (non-hydrogen) atoms. The number of nitrogens with zero attached hydrogens (tertiary/aromatic N) is 2. The molecule has 6 nitrogen and oxygen atoms in total. The number of hydrogen-bond acceptors (Lipinski definition) is 4. The van der Waals surface area contributed by atoms with Gasteiger partial charge in [-0.3, -0.25) is 14.5 Å². The minimum atomic E-state index is -0.157. The number of methoxy groups -OCH3 is 1. The van der Waals surface area contributed by atoms with Gasteiger partial charge in [-0.25, -0.2) is 0 Å². The van der Waals surface area contributed by atoms with Crippen molar-refractivity contribution in [2.24, 2.45) is 0 Å². The summed E-state index contributed by atoms with van der Waals surface area (Å²) in [5.41, 5.74) is 2.94. The lowest BCUT2D eigenvalue weighted by Gasteiger charge is -2.11. The Bertz CT molecular complexity index is 1200. The number of carbonyl (C=O) groups excluding carboxylic acids is 1. The standard InChI is InChI=1S/C22H18N4O2S/c1-28-19-10-6-5-9-18(19)26-20(24-25-22(26)29)15-11-13-17(14-12-15)23-21(27)16-7-3-2-4-8-16/h2-14H,1H3,(H,23,27)(H,25,29). The number of rotatable bonds is 5. The molecule has 1 aromatic heterocycles. The van der Waals surface area contributed by atoms with Gasteiger partial charge in [0.1, 0.15) is 5.75 Å². The summed E-state index contributed by atoms with van der Waals surface area (Å²) in [4.78, 5) is 12.3. The Morgan fingerprint density at radius 1 is 1.00 bits per heavy atom. The van der Waals surface area contributed by atoms with Crippen molar-refractivity contribution < 1.29 is 9.53 Å². The van der Waals surface area contributed by atoms with Crippen molar-refractivity contribution in [3.8, 4) is 22.8 Å². The molecule has 0 fully saturated rings. The lowest BCUT2D eigenvalue weighted by molar-refractivity contribution is 0.102. The number of carbonyl (C=O) groups is 1. The van der Waals surface area contributed by atoms with Crippen LogP contribution in [0.1, 0.15) is 10.4 Å². The number of aromatic nitrogens is 3. The van der Waals surface area contributed by atoms with Crippen molar-refractivity contribution in [1.82, 2.24) is 14.8 Å². The van der Waals surface area contributed by atoms with E-state index in [2.05, 4.69) is 15.5 Å². The molecule has 0 unspecified atom stereocenters. The van der Waals surface area contributed by atoms with Gasteiger partial charge in [0.2, 0.25) is 0 Å². The molecule has 2 N–H and O–H groups in total. The molecule has 1 heterocycles. The van der Waals surface area contributed by atoms with E-state index in [4.69, 9.17) is 17.0 Å². The van der Waals surface area contributed by atoms with Crippen molar-refractivity contribution >= 4 is 23.8 Å². The fourth-order valence-corrected chi connectivity index (χ4v) is 3.25. The number of H-pyrrole nitrogens is 1. The molecule has 0 saturated carbocycles. The molecule has 0 aliphatic rings. The molecular weight excluding hydrogens is 384 g/mol. The van der Waals surface area contributed by atoms with Crippen LogP contribution in [0, 0.1) is 4.77 Å². The van der Waals surface area contributed by atoms with Crippen LogP contribution in [0.3, 0.4) is 0 Å². The number of para-hydroxylation sites is 2. The predicted octanol–water partition coefficient (Wildman–Crippen LogP) is 4.86. The van der Waals surface area contributed by atoms with Crippen molar-refractivity contribution in [2.75, 3.05) is 12.4 Å². The second-order valence-electron chi connectivity index (χ2n) is 6.26. The maximum Gasteiger partial charge on any atom is 0.255 e. The van der Waals surface area contributed by atoms with Crippen LogP contribution in [-0.2, 0) is 0 Å². The third-order valence-electron chi connectivity index (χ3n) is 4.44. The van der Waals surface area contributed by atoms with Crippen LogP contribution in [0.2, 0.25) is 0 Å². The molecule has 0 spiro atoms.